The van der Waals surface area contributed by atoms with Crippen LogP contribution in [0.2, 0.25) is 0 Å². The van der Waals surface area contributed by atoms with Gasteiger partial charge in [-0.3, -0.25) is 4.79 Å². The Bertz CT molecular complexity index is 836. The molecule has 0 bridgehead atoms. The van der Waals surface area contributed by atoms with Gasteiger partial charge < -0.3 is 15.4 Å². The van der Waals surface area contributed by atoms with E-state index in [2.05, 4.69) is 0 Å². The van der Waals surface area contributed by atoms with E-state index in [-0.39, 0.29) is 18.2 Å². The smallest absolute Gasteiger partial charge is 0.419 e. The maximum atomic E-state index is 13.6. The van der Waals surface area contributed by atoms with Gasteiger partial charge in [-0.1, -0.05) is 6.07 Å². The molecule has 0 aromatic heterocycles. The first-order valence-electron chi connectivity index (χ1n) is 7.92. The summed E-state index contributed by atoms with van der Waals surface area (Å²) in [4.78, 5) is 13.4. The molecule has 0 saturated carbocycles. The van der Waals surface area contributed by atoms with Crippen LogP contribution in [0.25, 0.3) is 0 Å². The zero-order valence-corrected chi connectivity index (χ0v) is 13.6. The van der Waals surface area contributed by atoms with Crippen molar-refractivity contribution in [1.29, 1.82) is 0 Å². The van der Waals surface area contributed by atoms with Gasteiger partial charge in [0.15, 0.2) is 0 Å². The van der Waals surface area contributed by atoms with Gasteiger partial charge in [-0.05, 0) is 41.8 Å². The highest BCUT2D eigenvalue weighted by Gasteiger charge is 2.34. The lowest BCUT2D eigenvalue weighted by molar-refractivity contribution is -0.140. The summed E-state index contributed by atoms with van der Waals surface area (Å²) in [5, 5.41) is 0. The number of rotatable bonds is 3. The number of nitrogens with two attached hydrogens (primary N) is 1. The number of ether oxygens (including phenoxy) is 1. The Labute approximate surface area is 147 Å². The molecule has 0 unspecified atom stereocenters. The third kappa shape index (κ3) is 3.80. The highest BCUT2D eigenvalue weighted by molar-refractivity contribution is 5.78. The van der Waals surface area contributed by atoms with Crippen molar-refractivity contribution in [2.45, 2.75) is 19.1 Å². The largest absolute Gasteiger partial charge is 0.457 e. The van der Waals surface area contributed by atoms with Crippen LogP contribution in [0, 0.1) is 5.82 Å². The van der Waals surface area contributed by atoms with Crippen molar-refractivity contribution < 1.29 is 27.1 Å². The molecule has 4 nitrogen and oxygen atoms in total. The number of carbonyl (C=O) groups is 1. The van der Waals surface area contributed by atoms with Crippen molar-refractivity contribution in [3.8, 4) is 11.5 Å². The first-order valence-corrected chi connectivity index (χ1v) is 7.92. The fourth-order valence-electron chi connectivity index (χ4n) is 2.86. The molecule has 26 heavy (non-hydrogen) atoms. The third-order valence-electron chi connectivity index (χ3n) is 4.20. The van der Waals surface area contributed by atoms with E-state index in [0.717, 1.165) is 17.2 Å². The van der Waals surface area contributed by atoms with Gasteiger partial charge in [0.1, 0.15) is 17.3 Å². The molecule has 2 aromatic carbocycles. The van der Waals surface area contributed by atoms with E-state index in [1.165, 1.54) is 0 Å². The van der Waals surface area contributed by atoms with Crippen LogP contribution in [0.5, 0.6) is 11.5 Å². The van der Waals surface area contributed by atoms with Crippen LogP contribution in [0.1, 0.15) is 16.7 Å². The number of fused-ring (bicyclic) bond motifs is 1. The molecule has 1 aliphatic heterocycles. The van der Waals surface area contributed by atoms with Crippen LogP contribution in [0.15, 0.2) is 36.4 Å². The SMILES string of the molecule is NCC(=O)N1CCc2ccc(Oc3ccc(C(F)(F)F)c(F)c3)cc2C1. The lowest BCUT2D eigenvalue weighted by atomic mass is 9.99. The second-order valence-corrected chi connectivity index (χ2v) is 5.94. The molecule has 0 fully saturated rings. The number of carbonyl (C=O) groups excluding carboxylic acids is 1. The molecular weight excluding hydrogens is 352 g/mol. The lowest BCUT2D eigenvalue weighted by Crippen LogP contribution is -2.39. The van der Waals surface area contributed by atoms with Crippen molar-refractivity contribution in [2.75, 3.05) is 13.1 Å². The van der Waals surface area contributed by atoms with Crippen molar-refractivity contribution in [1.82, 2.24) is 4.90 Å². The van der Waals surface area contributed by atoms with Crippen LogP contribution in [-0.4, -0.2) is 23.9 Å². The average molecular weight is 368 g/mol. The first kappa shape index (κ1) is 18.2. The number of hydrogen-bond donors (Lipinski definition) is 1. The standard InChI is InChI=1S/C18H16F4N2O2/c19-16-8-14(3-4-15(16)18(20,21)22)26-13-2-1-11-5-6-24(17(25)9-23)10-12(11)7-13/h1-4,7-8H,5-6,9-10,23H2. The van der Waals surface area contributed by atoms with Crippen LogP contribution in [0.3, 0.4) is 0 Å². The van der Waals surface area contributed by atoms with Crippen molar-refractivity contribution >= 4 is 5.91 Å². The van der Waals surface area contributed by atoms with E-state index in [4.69, 9.17) is 10.5 Å². The van der Waals surface area contributed by atoms with Crippen molar-refractivity contribution in [3.05, 3.63) is 58.9 Å². The Hall–Kier alpha value is -2.61. The molecule has 138 valence electrons. The summed E-state index contributed by atoms with van der Waals surface area (Å²) in [5.74, 6) is -1.24. The third-order valence-corrected chi connectivity index (χ3v) is 4.20. The number of halogens is 4. The van der Waals surface area contributed by atoms with Crippen molar-refractivity contribution in [2.24, 2.45) is 5.73 Å². The van der Waals surface area contributed by atoms with E-state index in [1.54, 1.807) is 17.0 Å². The summed E-state index contributed by atoms with van der Waals surface area (Å²) in [7, 11) is 0. The predicted molar refractivity (Wildman–Crippen MR) is 86.1 cm³/mol. The highest BCUT2D eigenvalue weighted by atomic mass is 19.4. The van der Waals surface area contributed by atoms with Crippen LogP contribution >= 0.6 is 0 Å². The number of benzene rings is 2. The Morgan fingerprint density at radius 1 is 1.12 bits per heavy atom. The molecule has 0 spiro atoms. The molecule has 2 aromatic rings. The topological polar surface area (TPSA) is 55.6 Å². The number of alkyl halides is 3. The Morgan fingerprint density at radius 2 is 1.81 bits per heavy atom. The molecule has 1 amide bonds. The Kier molecular flexibility index (Phi) is 4.86. The molecule has 2 N–H and O–H groups in total. The molecule has 1 aliphatic rings. The van der Waals surface area contributed by atoms with Gasteiger partial charge in [0.05, 0.1) is 12.1 Å². The fraction of sp³-hybridized carbons (Fsp3) is 0.278. The molecular formula is C18H16F4N2O2. The molecule has 3 rings (SSSR count). The molecule has 0 saturated heterocycles. The maximum Gasteiger partial charge on any atom is 0.419 e. The zero-order valence-electron chi connectivity index (χ0n) is 13.6. The van der Waals surface area contributed by atoms with Gasteiger partial charge in [0.25, 0.3) is 0 Å². The molecule has 0 radical (unpaired) electrons. The van der Waals surface area contributed by atoms with E-state index >= 15 is 0 Å². The summed E-state index contributed by atoms with van der Waals surface area (Å²) in [6, 6.07) is 7.60. The summed E-state index contributed by atoms with van der Waals surface area (Å²) in [6.45, 7) is 0.883. The zero-order chi connectivity index (χ0) is 18.9. The van der Waals surface area contributed by atoms with Gasteiger partial charge in [-0.15, -0.1) is 0 Å². The number of hydrogen-bond acceptors (Lipinski definition) is 3. The maximum absolute atomic E-state index is 13.6. The average Bonchev–Trinajstić information content (AvgIpc) is 2.59. The van der Waals surface area contributed by atoms with Crippen LogP contribution < -0.4 is 10.5 Å². The number of nitrogens with zero attached hydrogens (tertiary/aromatic N) is 1. The van der Waals surface area contributed by atoms with E-state index in [1.807, 2.05) is 6.07 Å². The van der Waals surface area contributed by atoms with Crippen LogP contribution in [-0.2, 0) is 23.9 Å². The van der Waals surface area contributed by atoms with E-state index in [9.17, 15) is 22.4 Å². The van der Waals surface area contributed by atoms with Gasteiger partial charge >= 0.3 is 6.18 Å². The van der Waals surface area contributed by atoms with Gasteiger partial charge in [0, 0.05) is 19.2 Å². The second kappa shape index (κ2) is 6.95. The first-order chi connectivity index (χ1) is 12.3. The van der Waals surface area contributed by atoms with Crippen molar-refractivity contribution in [3.63, 3.8) is 0 Å². The Balaban J connectivity index is 1.80. The summed E-state index contributed by atoms with van der Waals surface area (Å²) < 4.78 is 56.9. The Morgan fingerprint density at radius 3 is 2.46 bits per heavy atom. The fourth-order valence-corrected chi connectivity index (χ4v) is 2.86. The van der Waals surface area contributed by atoms with Gasteiger partial charge in [-0.25, -0.2) is 4.39 Å². The predicted octanol–water partition coefficient (Wildman–Crippen LogP) is 3.48. The summed E-state index contributed by atoms with van der Waals surface area (Å²) >= 11 is 0. The highest BCUT2D eigenvalue weighted by Crippen LogP contribution is 2.34. The molecule has 0 aliphatic carbocycles. The number of amides is 1. The minimum atomic E-state index is -4.76. The van der Waals surface area contributed by atoms with E-state index < -0.39 is 17.6 Å². The normalized spacial score (nSPS) is 14.1. The minimum Gasteiger partial charge on any atom is -0.457 e. The molecule has 1 heterocycles. The van der Waals surface area contributed by atoms with Gasteiger partial charge in [-0.2, -0.15) is 13.2 Å². The summed E-state index contributed by atoms with van der Waals surface area (Å²) in [5.41, 5.74) is 5.96. The van der Waals surface area contributed by atoms with Gasteiger partial charge in [0.2, 0.25) is 5.91 Å². The minimum absolute atomic E-state index is 0.0406. The van der Waals surface area contributed by atoms with E-state index in [0.29, 0.717) is 37.4 Å². The summed E-state index contributed by atoms with van der Waals surface area (Å²) in [6.07, 6.45) is -4.08. The lowest BCUT2D eigenvalue weighted by Gasteiger charge is -2.28. The quantitative estimate of drug-likeness (QED) is 0.844. The van der Waals surface area contributed by atoms with Crippen LogP contribution in [0.4, 0.5) is 17.6 Å². The monoisotopic (exact) mass is 368 g/mol. The molecule has 8 heteroatoms. The molecule has 0 atom stereocenters. The second-order valence-electron chi connectivity index (χ2n) is 5.94.